The van der Waals surface area contributed by atoms with E-state index in [9.17, 15) is 25.0 Å². The van der Waals surface area contributed by atoms with Gasteiger partial charge in [0.1, 0.15) is 24.2 Å². The second-order valence-corrected chi connectivity index (χ2v) is 7.33. The molecule has 0 aliphatic rings. The van der Waals surface area contributed by atoms with Crippen molar-refractivity contribution in [3.05, 3.63) is 98.4 Å². The Morgan fingerprint density at radius 1 is 0.943 bits per heavy atom. The lowest BCUT2D eigenvalue weighted by Gasteiger charge is -2.09. The first kappa shape index (κ1) is 23.0. The monoisotopic (exact) mass is 475 g/mol. The van der Waals surface area contributed by atoms with Crippen molar-refractivity contribution in [1.82, 2.24) is 19.5 Å². The first-order chi connectivity index (χ1) is 16.7. The molecule has 4 rings (SSSR count). The number of anilines is 1. The van der Waals surface area contributed by atoms with Crippen LogP contribution in [0.25, 0.3) is 5.82 Å². The minimum absolute atomic E-state index is 0.218. The van der Waals surface area contributed by atoms with Gasteiger partial charge in [-0.3, -0.25) is 29.6 Å². The number of nitro benzene ring substituents is 2. The van der Waals surface area contributed by atoms with Crippen molar-refractivity contribution in [2.75, 3.05) is 5.32 Å². The van der Waals surface area contributed by atoms with Gasteiger partial charge >= 0.3 is 0 Å². The van der Waals surface area contributed by atoms with Gasteiger partial charge in [0.2, 0.25) is 5.88 Å². The average molecular weight is 475 g/mol. The Labute approximate surface area is 197 Å². The Balaban J connectivity index is 1.48. The molecule has 2 aromatic carbocycles. The maximum Gasteiger partial charge on any atom is 0.277 e. The number of nitro groups is 2. The molecule has 1 amide bonds. The fraction of sp³-hybridized carbons (Fsp3) is 0.0909. The molecule has 35 heavy (non-hydrogen) atoms. The predicted molar refractivity (Wildman–Crippen MR) is 123 cm³/mol. The number of ether oxygens (including phenoxy) is 1. The lowest BCUT2D eigenvalue weighted by atomic mass is 10.1. The molecular weight excluding hydrogens is 458 g/mol. The predicted octanol–water partition coefficient (Wildman–Crippen LogP) is 4.14. The molecule has 0 unspecified atom stereocenters. The SMILES string of the molecule is Cc1ncn(-c2cc(Oc3ccc(NC(=O)c4cc([N+](=O)[O-])cc([N+](=O)[O-])c4)cc3)ncn2)c1C. The van der Waals surface area contributed by atoms with Crippen molar-refractivity contribution in [1.29, 1.82) is 0 Å². The van der Waals surface area contributed by atoms with Crippen molar-refractivity contribution in [3.8, 4) is 17.4 Å². The summed E-state index contributed by atoms with van der Waals surface area (Å²) >= 11 is 0. The number of benzene rings is 2. The maximum atomic E-state index is 12.5. The van der Waals surface area contributed by atoms with Gasteiger partial charge in [0.15, 0.2) is 0 Å². The van der Waals surface area contributed by atoms with Gasteiger partial charge < -0.3 is 10.1 Å². The van der Waals surface area contributed by atoms with Crippen LogP contribution in [0.3, 0.4) is 0 Å². The van der Waals surface area contributed by atoms with E-state index < -0.39 is 27.1 Å². The summed E-state index contributed by atoms with van der Waals surface area (Å²) in [7, 11) is 0. The van der Waals surface area contributed by atoms with E-state index >= 15 is 0 Å². The molecule has 1 N–H and O–H groups in total. The molecule has 13 nitrogen and oxygen atoms in total. The van der Waals surface area contributed by atoms with Crippen LogP contribution < -0.4 is 10.1 Å². The Morgan fingerprint density at radius 2 is 1.60 bits per heavy atom. The summed E-state index contributed by atoms with van der Waals surface area (Å²) in [6.07, 6.45) is 3.02. The van der Waals surface area contributed by atoms with Crippen LogP contribution in [0.5, 0.6) is 11.6 Å². The lowest BCUT2D eigenvalue weighted by Crippen LogP contribution is -2.12. The molecule has 0 radical (unpaired) electrons. The van der Waals surface area contributed by atoms with Crippen LogP contribution in [0.2, 0.25) is 0 Å². The third kappa shape index (κ3) is 5.08. The number of rotatable bonds is 7. The molecule has 13 heteroatoms. The number of carbonyl (C=O) groups is 1. The standard InChI is InChI=1S/C22H17N7O6/c1-13-14(2)27(12-25-13)20-10-21(24-11-23-20)35-19-5-3-16(4-6-19)26-22(30)15-7-17(28(31)32)9-18(8-15)29(33)34/h3-12H,1-2H3,(H,26,30). The van der Waals surface area contributed by atoms with Gasteiger partial charge in [-0.2, -0.15) is 0 Å². The number of nitrogens with zero attached hydrogens (tertiary/aromatic N) is 6. The van der Waals surface area contributed by atoms with Crippen molar-refractivity contribution in [3.63, 3.8) is 0 Å². The van der Waals surface area contributed by atoms with E-state index in [2.05, 4.69) is 20.3 Å². The van der Waals surface area contributed by atoms with Crippen LogP contribution in [0.15, 0.2) is 61.2 Å². The Morgan fingerprint density at radius 3 is 2.17 bits per heavy atom. The maximum absolute atomic E-state index is 12.5. The smallest absolute Gasteiger partial charge is 0.277 e. The zero-order chi connectivity index (χ0) is 25.1. The average Bonchev–Trinajstić information content (AvgIpc) is 3.18. The molecule has 0 aliphatic heterocycles. The lowest BCUT2D eigenvalue weighted by molar-refractivity contribution is -0.394. The number of hydrogen-bond acceptors (Lipinski definition) is 9. The highest BCUT2D eigenvalue weighted by molar-refractivity contribution is 6.05. The van der Waals surface area contributed by atoms with Crippen LogP contribution >= 0.6 is 0 Å². The molecule has 2 heterocycles. The van der Waals surface area contributed by atoms with Crippen LogP contribution in [0.4, 0.5) is 17.1 Å². The molecule has 0 saturated carbocycles. The molecule has 0 fully saturated rings. The highest BCUT2D eigenvalue weighted by atomic mass is 16.6. The second kappa shape index (κ2) is 9.35. The van der Waals surface area contributed by atoms with E-state index in [1.807, 2.05) is 13.8 Å². The summed E-state index contributed by atoms with van der Waals surface area (Å²) in [5, 5.41) is 24.6. The summed E-state index contributed by atoms with van der Waals surface area (Å²) in [6, 6.07) is 10.6. The highest BCUT2D eigenvalue weighted by Crippen LogP contribution is 2.25. The Kier molecular flexibility index (Phi) is 6.14. The zero-order valence-corrected chi connectivity index (χ0v) is 18.4. The summed E-state index contributed by atoms with van der Waals surface area (Å²) in [4.78, 5) is 45.6. The van der Waals surface area contributed by atoms with E-state index in [1.54, 1.807) is 41.2 Å². The second-order valence-electron chi connectivity index (χ2n) is 7.33. The fourth-order valence-corrected chi connectivity index (χ4v) is 3.11. The topological polar surface area (TPSA) is 168 Å². The molecule has 0 aliphatic carbocycles. The van der Waals surface area contributed by atoms with Crippen molar-refractivity contribution < 1.29 is 19.4 Å². The van der Waals surface area contributed by atoms with Crippen LogP contribution in [-0.2, 0) is 0 Å². The minimum atomic E-state index is -0.802. The Bertz CT molecular complexity index is 1420. The number of aryl methyl sites for hydroxylation is 1. The van der Waals surface area contributed by atoms with Gasteiger partial charge in [0.25, 0.3) is 17.3 Å². The third-order valence-electron chi connectivity index (χ3n) is 5.05. The number of nitrogens with one attached hydrogen (secondary N) is 1. The fourth-order valence-electron chi connectivity index (χ4n) is 3.11. The first-order valence-corrected chi connectivity index (χ1v) is 10.1. The number of non-ortho nitro benzene ring substituents is 2. The van der Waals surface area contributed by atoms with Gasteiger partial charge in [-0.25, -0.2) is 15.0 Å². The largest absolute Gasteiger partial charge is 0.439 e. The van der Waals surface area contributed by atoms with E-state index in [4.69, 9.17) is 4.74 Å². The van der Waals surface area contributed by atoms with Crippen LogP contribution in [-0.4, -0.2) is 35.3 Å². The molecule has 0 atom stereocenters. The third-order valence-corrected chi connectivity index (χ3v) is 5.05. The van der Waals surface area contributed by atoms with Crippen molar-refractivity contribution in [2.24, 2.45) is 0 Å². The molecule has 0 spiro atoms. The molecule has 0 bridgehead atoms. The van der Waals surface area contributed by atoms with E-state index in [0.29, 0.717) is 23.1 Å². The number of imidazole rings is 1. The number of hydrogen-bond donors (Lipinski definition) is 1. The van der Waals surface area contributed by atoms with Crippen molar-refractivity contribution >= 4 is 23.0 Å². The summed E-state index contributed by atoms with van der Waals surface area (Å²) in [5.41, 5.74) is 0.832. The number of amides is 1. The quantitative estimate of drug-likeness (QED) is 0.305. The van der Waals surface area contributed by atoms with E-state index in [-0.39, 0.29) is 5.56 Å². The van der Waals surface area contributed by atoms with E-state index in [1.165, 1.54) is 6.33 Å². The molecular formula is C22H17N7O6. The highest BCUT2D eigenvalue weighted by Gasteiger charge is 2.20. The number of carbonyl (C=O) groups excluding carboxylic acids is 1. The molecule has 4 aromatic rings. The van der Waals surface area contributed by atoms with Gasteiger partial charge in [-0.15, -0.1) is 0 Å². The molecule has 2 aromatic heterocycles. The normalized spacial score (nSPS) is 10.6. The van der Waals surface area contributed by atoms with Gasteiger partial charge in [0, 0.05) is 29.6 Å². The van der Waals surface area contributed by atoms with E-state index in [0.717, 1.165) is 29.6 Å². The summed E-state index contributed by atoms with van der Waals surface area (Å²) in [6.45, 7) is 3.81. The van der Waals surface area contributed by atoms with Crippen LogP contribution in [0, 0.1) is 34.1 Å². The minimum Gasteiger partial charge on any atom is -0.439 e. The van der Waals surface area contributed by atoms with Crippen LogP contribution in [0.1, 0.15) is 21.7 Å². The summed E-state index contributed by atoms with van der Waals surface area (Å²) in [5.74, 6) is 0.568. The molecule has 0 saturated heterocycles. The van der Waals surface area contributed by atoms with Gasteiger partial charge in [0.05, 0.1) is 27.2 Å². The van der Waals surface area contributed by atoms with Gasteiger partial charge in [-0.1, -0.05) is 0 Å². The van der Waals surface area contributed by atoms with Gasteiger partial charge in [-0.05, 0) is 38.1 Å². The zero-order valence-electron chi connectivity index (χ0n) is 18.4. The Hall–Kier alpha value is -5.20. The number of aromatic nitrogens is 4. The van der Waals surface area contributed by atoms with Crippen molar-refractivity contribution in [2.45, 2.75) is 13.8 Å². The molecule has 176 valence electrons. The first-order valence-electron chi connectivity index (χ1n) is 10.1. The summed E-state index contributed by atoms with van der Waals surface area (Å²) < 4.78 is 7.57.